The molecule has 0 heterocycles. The van der Waals surface area contributed by atoms with E-state index in [2.05, 4.69) is 30.6 Å². The van der Waals surface area contributed by atoms with E-state index in [9.17, 15) is 30.6 Å². The van der Waals surface area contributed by atoms with Gasteiger partial charge in [-0.1, -0.05) is 284 Å². The molecule has 0 aliphatic rings. The molecule has 3 radical (unpaired) electrons. The number of halogens is 9. The van der Waals surface area contributed by atoms with E-state index >= 15 is 0 Å². The van der Waals surface area contributed by atoms with Crippen molar-refractivity contribution >= 4 is 178 Å². The minimum atomic E-state index is -3.02. The fraction of sp³-hybridized carbons (Fsp3) is 0.176. The number of nitrogens with zero attached hydrogens (tertiary/aromatic N) is 12. The van der Waals surface area contributed by atoms with Crippen LogP contribution in [0.25, 0.3) is 0 Å². The van der Waals surface area contributed by atoms with Crippen molar-refractivity contribution in [1.29, 1.82) is 0 Å². The first kappa shape index (κ1) is 83.4. The Balaban J connectivity index is 0. The summed E-state index contributed by atoms with van der Waals surface area (Å²) in [6.07, 6.45) is 8.57. The Labute approximate surface area is 581 Å². The first-order valence-corrected chi connectivity index (χ1v) is 32.1. The van der Waals surface area contributed by atoms with Gasteiger partial charge in [0.1, 0.15) is 0 Å². The average molecular weight is 1550 g/mol. The molecule has 0 bridgehead atoms. The molecule has 6 aromatic rings. The fourth-order valence-corrected chi connectivity index (χ4v) is 10.0. The third kappa shape index (κ3) is 30.0. The van der Waals surface area contributed by atoms with Crippen LogP contribution in [0.2, 0.25) is 0 Å². The second-order valence-corrected chi connectivity index (χ2v) is 29.8. The maximum absolute atomic E-state index is 12.1. The molecule has 0 spiro atoms. The van der Waals surface area contributed by atoms with E-state index in [0.717, 1.165) is 0 Å². The Morgan fingerprint density at radius 1 is 0.294 bits per heavy atom. The molecule has 6 aromatic carbocycles. The van der Waals surface area contributed by atoms with Gasteiger partial charge < -0.3 is 30.6 Å². The zero-order valence-corrected chi connectivity index (χ0v) is 58.3. The molecule has 18 nitrogen and oxygen atoms in total. The van der Waals surface area contributed by atoms with Crippen LogP contribution < -0.4 is 30.6 Å². The normalized spacial score (nSPS) is 11.1. The summed E-state index contributed by atoms with van der Waals surface area (Å²) in [7, 11) is 9.95. The van der Waals surface area contributed by atoms with Gasteiger partial charge in [0.15, 0.2) is 12.9 Å². The molecule has 34 heteroatoms. The van der Waals surface area contributed by atoms with Gasteiger partial charge in [-0.25, -0.2) is 28.7 Å². The van der Waals surface area contributed by atoms with Gasteiger partial charge in [0.2, 0.25) is 0 Å². The summed E-state index contributed by atoms with van der Waals surface area (Å²) < 4.78 is 6.81. The summed E-state index contributed by atoms with van der Waals surface area (Å²) in [6.45, 7) is -6.03. The maximum Gasteiger partial charge on any atom is 2.00 e. The van der Waals surface area contributed by atoms with Gasteiger partial charge in [-0.3, -0.25) is 0 Å². The van der Waals surface area contributed by atoms with Gasteiger partial charge in [-0.2, -0.15) is 30.6 Å². The first-order chi connectivity index (χ1) is 38.7. The van der Waals surface area contributed by atoms with Crippen LogP contribution in [0.5, 0.6) is 34.5 Å². The van der Waals surface area contributed by atoms with Crippen molar-refractivity contribution in [2.75, 3.05) is 42.3 Å². The van der Waals surface area contributed by atoms with Gasteiger partial charge in [-0.15, -0.1) is 0 Å². The Morgan fingerprint density at radius 3 is 0.506 bits per heavy atom. The molecule has 0 saturated carbocycles. The molecule has 0 aliphatic heterocycles. The molecule has 0 fully saturated rings. The third-order valence-electron chi connectivity index (χ3n) is 9.96. The van der Waals surface area contributed by atoms with Gasteiger partial charge >= 0.3 is 50.3 Å². The van der Waals surface area contributed by atoms with E-state index in [4.69, 9.17) is 128 Å². The largest absolute Gasteiger partial charge is 2.00 e. The van der Waals surface area contributed by atoms with Crippen LogP contribution in [0.4, 0.5) is 0 Å². The Kier molecular flexibility index (Phi) is 43.1. The van der Waals surface area contributed by atoms with E-state index in [-0.39, 0.29) is 84.8 Å². The van der Waals surface area contributed by atoms with E-state index in [1.807, 2.05) is 0 Å². The summed E-state index contributed by atoms with van der Waals surface area (Å²) >= 11 is 55.3. The van der Waals surface area contributed by atoms with E-state index < -0.39 is 25.9 Å². The van der Waals surface area contributed by atoms with Gasteiger partial charge in [0, 0.05) is 42.3 Å². The first-order valence-electron chi connectivity index (χ1n) is 22.9. The maximum atomic E-state index is 12.1. The fourth-order valence-electron chi connectivity index (χ4n) is 5.93. The zero-order chi connectivity index (χ0) is 61.6. The van der Waals surface area contributed by atoms with E-state index in [0.29, 0.717) is 33.4 Å². The topological polar surface area (TPSA) is 232 Å². The summed E-state index contributed by atoms with van der Waals surface area (Å²) in [5.74, 6) is -1.03. The number of alkyl halides is 9. The molecule has 6 rings (SSSR count). The summed E-state index contributed by atoms with van der Waals surface area (Å²) in [6, 6.07) is 39.0. The standard InChI is InChI=1S/2C24H27N6O3PS.3CHCl3.3Co/c2*1-28(25-16-19-10-4-7-13-22(19)31)34(35,29(2)26-17-20-11-5-8-14-23(20)32)30(3)27-18-21-12-6-9-15-24(21)33;3*2-1(3)4;;;/h2*4-18,31-33H,1-3H3;3*1H;;;/q;;;;;3*+2/p-6/b2*25-16+,26-17+,27-18+;;;;;;. The molecule has 0 atom stereocenters. The van der Waals surface area contributed by atoms with Crippen molar-refractivity contribution < 1.29 is 81.0 Å². The molecule has 85 heavy (non-hydrogen) atoms. The SMILES string of the molecule is CN(/N=C/c1ccccc1[O-])P(=S)(N(C)/N=C/c1ccccc1[O-])N(C)/N=C/c1ccccc1[O-].CN(/N=C/c1ccccc1[O-])P(=S)(N(C)/N=C/c1ccccc1[O-])N(C)/N=C/c1ccccc1[O-].ClC(Cl)Cl.ClC(Cl)Cl.ClC(Cl)Cl.[Co+2].[Co+2].[Co+2]. The van der Waals surface area contributed by atoms with Crippen molar-refractivity contribution in [3.63, 3.8) is 0 Å². The average Bonchev–Trinajstić information content (AvgIpc) is 3.37. The van der Waals surface area contributed by atoms with Crippen molar-refractivity contribution in [3.8, 4) is 34.5 Å². The molecule has 463 valence electrons. The van der Waals surface area contributed by atoms with Crippen LogP contribution in [-0.2, 0) is 74.0 Å². The van der Waals surface area contributed by atoms with Gasteiger partial charge in [-0.05, 0) is 57.0 Å². The summed E-state index contributed by atoms with van der Waals surface area (Å²) in [5, 5.41) is 98.9. The van der Waals surface area contributed by atoms with Crippen LogP contribution in [0.1, 0.15) is 33.4 Å². The monoisotopic (exact) mass is 1540 g/mol. The molecule has 0 N–H and O–H groups in total. The van der Waals surface area contributed by atoms with Crippen LogP contribution in [0.15, 0.2) is 176 Å². The Bertz CT molecular complexity index is 2680. The Hall–Kier alpha value is -3.63. The second-order valence-electron chi connectivity index (χ2n) is 15.4. The van der Waals surface area contributed by atoms with Crippen LogP contribution in [0.3, 0.4) is 0 Å². The summed E-state index contributed by atoms with van der Waals surface area (Å²) in [4.78, 5) is 0. The second kappa shape index (κ2) is 43.9. The van der Waals surface area contributed by atoms with Gasteiger partial charge in [0.25, 0.3) is 13.0 Å². The minimum absolute atomic E-state index is 0. The molecular formula is C51H51Cl9Co3N12O6P2S2. The molecular weight excluding hydrogens is 1500 g/mol. The predicted molar refractivity (Wildman–Crippen MR) is 340 cm³/mol. The van der Waals surface area contributed by atoms with Crippen LogP contribution in [-0.4, -0.2) is 121 Å². The molecule has 0 aromatic heterocycles. The number of para-hydroxylation sites is 6. The van der Waals surface area contributed by atoms with Crippen molar-refractivity contribution in [2.24, 2.45) is 30.6 Å². The van der Waals surface area contributed by atoms with Crippen LogP contribution >= 0.6 is 117 Å². The molecule has 0 aliphatic carbocycles. The molecule has 0 unspecified atom stereocenters. The number of hydrogen-bond donors (Lipinski definition) is 0. The third-order valence-corrected chi connectivity index (χ3v) is 19.4. The Morgan fingerprint density at radius 2 is 0.400 bits per heavy atom. The number of hydrazone groups is 6. The van der Waals surface area contributed by atoms with E-state index in [1.54, 1.807) is 151 Å². The van der Waals surface area contributed by atoms with E-state index in [1.165, 1.54) is 102 Å². The van der Waals surface area contributed by atoms with Crippen molar-refractivity contribution in [2.45, 2.75) is 12.9 Å². The van der Waals surface area contributed by atoms with Crippen molar-refractivity contribution in [1.82, 2.24) is 28.7 Å². The quantitative estimate of drug-likeness (QED) is 0.0337. The van der Waals surface area contributed by atoms with Crippen LogP contribution in [0, 0.1) is 0 Å². The predicted octanol–water partition coefficient (Wildman–Crippen LogP) is 10.6. The zero-order valence-electron chi connectivity index (χ0n) is 45.0. The van der Waals surface area contributed by atoms with Gasteiger partial charge in [0.05, 0.1) is 37.3 Å². The smallest absolute Gasteiger partial charge is 0.872 e. The number of benzene rings is 6. The van der Waals surface area contributed by atoms with Crippen molar-refractivity contribution in [3.05, 3.63) is 179 Å². The minimum Gasteiger partial charge on any atom is -0.872 e. The number of hydrogen-bond acceptors (Lipinski definition) is 14. The molecule has 0 amide bonds. The number of rotatable bonds is 18. The molecule has 0 saturated heterocycles. The summed E-state index contributed by atoms with van der Waals surface area (Å²) in [5.41, 5.74) is 2.41.